The van der Waals surface area contributed by atoms with Crippen molar-refractivity contribution in [3.8, 4) is 0 Å². The lowest BCUT2D eigenvalue weighted by molar-refractivity contribution is 0.296. The van der Waals surface area contributed by atoms with Gasteiger partial charge in [0.15, 0.2) is 0 Å². The summed E-state index contributed by atoms with van der Waals surface area (Å²) in [4.78, 5) is 1.25. The Bertz CT molecular complexity index is 291. The van der Waals surface area contributed by atoms with Crippen molar-refractivity contribution >= 4 is 11.8 Å². The summed E-state index contributed by atoms with van der Waals surface area (Å²) in [7, 11) is 0. The Labute approximate surface area is 95.9 Å². The van der Waals surface area contributed by atoms with Crippen molar-refractivity contribution in [3.05, 3.63) is 29.8 Å². The maximum absolute atomic E-state index is 8.73. The van der Waals surface area contributed by atoms with Crippen molar-refractivity contribution in [3.63, 3.8) is 0 Å². The van der Waals surface area contributed by atoms with Crippen LogP contribution < -0.4 is 5.73 Å². The Kier molecular flexibility index (Phi) is 5.76. The van der Waals surface area contributed by atoms with Crippen LogP contribution in [0.25, 0.3) is 0 Å². The highest BCUT2D eigenvalue weighted by Gasteiger charge is 2.08. The molecule has 0 heterocycles. The van der Waals surface area contributed by atoms with E-state index in [1.807, 2.05) is 12.1 Å². The van der Waals surface area contributed by atoms with Gasteiger partial charge in [-0.25, -0.2) is 0 Å². The smallest absolute Gasteiger partial charge is 0.0439 e. The van der Waals surface area contributed by atoms with Gasteiger partial charge in [0.25, 0.3) is 0 Å². The number of rotatable bonds is 6. The molecule has 15 heavy (non-hydrogen) atoms. The van der Waals surface area contributed by atoms with Gasteiger partial charge in [-0.3, -0.25) is 0 Å². The van der Waals surface area contributed by atoms with Gasteiger partial charge in [0.1, 0.15) is 0 Å². The molecular weight excluding hydrogens is 206 g/mol. The first-order chi connectivity index (χ1) is 7.29. The van der Waals surface area contributed by atoms with E-state index in [-0.39, 0.29) is 12.6 Å². The largest absolute Gasteiger partial charge is 0.396 e. The zero-order valence-corrected chi connectivity index (χ0v) is 9.96. The molecule has 2 nitrogen and oxygen atoms in total. The average molecular weight is 225 g/mol. The first-order valence-electron chi connectivity index (χ1n) is 5.37. The molecule has 0 aliphatic heterocycles. The second-order valence-corrected chi connectivity index (χ2v) is 4.61. The molecular formula is C12H19NOS. The fourth-order valence-electron chi connectivity index (χ4n) is 1.38. The van der Waals surface area contributed by atoms with E-state index in [2.05, 4.69) is 19.1 Å². The Balaban J connectivity index is 2.68. The second-order valence-electron chi connectivity index (χ2n) is 3.48. The molecule has 0 aliphatic carbocycles. The molecule has 3 heteroatoms. The third-order valence-corrected chi connectivity index (χ3v) is 3.49. The zero-order chi connectivity index (χ0) is 11.1. The first kappa shape index (κ1) is 12.6. The molecule has 0 unspecified atom stereocenters. The van der Waals surface area contributed by atoms with Gasteiger partial charge in [-0.15, -0.1) is 11.8 Å². The Morgan fingerprint density at radius 2 is 2.13 bits per heavy atom. The van der Waals surface area contributed by atoms with E-state index in [1.165, 1.54) is 10.5 Å². The molecule has 1 aromatic rings. The van der Waals surface area contributed by atoms with Crippen LogP contribution in [0.3, 0.4) is 0 Å². The number of hydrogen-bond donors (Lipinski definition) is 2. The first-order valence-corrected chi connectivity index (χ1v) is 6.36. The van der Waals surface area contributed by atoms with Gasteiger partial charge < -0.3 is 10.8 Å². The number of thioether (sulfide) groups is 1. The quantitative estimate of drug-likeness (QED) is 0.578. The lowest BCUT2D eigenvalue weighted by Gasteiger charge is -2.14. The summed E-state index contributed by atoms with van der Waals surface area (Å²) in [5.74, 6) is 0.948. The lowest BCUT2D eigenvalue weighted by Crippen LogP contribution is -2.09. The van der Waals surface area contributed by atoms with Crippen LogP contribution in [0, 0.1) is 0 Å². The normalized spacial score (nSPS) is 12.7. The van der Waals surface area contributed by atoms with Gasteiger partial charge >= 0.3 is 0 Å². The van der Waals surface area contributed by atoms with Gasteiger partial charge in [0.05, 0.1) is 0 Å². The highest BCUT2D eigenvalue weighted by molar-refractivity contribution is 7.99. The number of aliphatic hydroxyl groups is 1. The van der Waals surface area contributed by atoms with Crippen LogP contribution in [-0.2, 0) is 0 Å². The summed E-state index contributed by atoms with van der Waals surface area (Å²) < 4.78 is 0. The van der Waals surface area contributed by atoms with Gasteiger partial charge in [-0.05, 0) is 24.5 Å². The predicted molar refractivity (Wildman–Crippen MR) is 66.1 cm³/mol. The standard InChI is InChI=1S/C12H19NOS/c1-2-11(13)10-6-3-4-7-12(10)15-9-5-8-14/h3-4,6-7,11,14H,2,5,8-9,13H2,1H3/t11-/m0/s1. The third kappa shape index (κ3) is 3.86. The topological polar surface area (TPSA) is 46.2 Å². The number of hydrogen-bond acceptors (Lipinski definition) is 3. The van der Waals surface area contributed by atoms with Crippen molar-refractivity contribution < 1.29 is 5.11 Å². The summed E-state index contributed by atoms with van der Waals surface area (Å²) in [6.07, 6.45) is 1.79. The molecule has 1 rings (SSSR count). The molecule has 0 saturated heterocycles. The Morgan fingerprint density at radius 1 is 1.40 bits per heavy atom. The highest BCUT2D eigenvalue weighted by Crippen LogP contribution is 2.28. The average Bonchev–Trinajstić information content (AvgIpc) is 2.29. The Morgan fingerprint density at radius 3 is 2.80 bits per heavy atom. The molecule has 0 aliphatic rings. The van der Waals surface area contributed by atoms with Gasteiger partial charge in [0, 0.05) is 23.3 Å². The number of nitrogens with two attached hydrogens (primary N) is 1. The second kappa shape index (κ2) is 6.88. The maximum Gasteiger partial charge on any atom is 0.0439 e. The van der Waals surface area contributed by atoms with E-state index in [9.17, 15) is 0 Å². The molecule has 0 aromatic heterocycles. The van der Waals surface area contributed by atoms with Crippen LogP contribution in [0.1, 0.15) is 31.4 Å². The minimum Gasteiger partial charge on any atom is -0.396 e. The summed E-state index contributed by atoms with van der Waals surface area (Å²) in [5, 5.41) is 8.73. The fourth-order valence-corrected chi connectivity index (χ4v) is 2.44. The molecule has 1 atom stereocenters. The summed E-state index contributed by atoms with van der Waals surface area (Å²) in [6.45, 7) is 2.36. The van der Waals surface area contributed by atoms with Crippen molar-refractivity contribution in [1.29, 1.82) is 0 Å². The zero-order valence-electron chi connectivity index (χ0n) is 9.15. The summed E-state index contributed by atoms with van der Waals surface area (Å²) in [5.41, 5.74) is 7.26. The van der Waals surface area contributed by atoms with Crippen molar-refractivity contribution in [2.24, 2.45) is 5.73 Å². The van der Waals surface area contributed by atoms with E-state index in [0.717, 1.165) is 18.6 Å². The Hall–Kier alpha value is -0.510. The minimum absolute atomic E-state index is 0.128. The van der Waals surface area contributed by atoms with Crippen LogP contribution in [-0.4, -0.2) is 17.5 Å². The van der Waals surface area contributed by atoms with Crippen LogP contribution in [0.2, 0.25) is 0 Å². The van der Waals surface area contributed by atoms with E-state index >= 15 is 0 Å². The van der Waals surface area contributed by atoms with Crippen molar-refractivity contribution in [2.45, 2.75) is 30.7 Å². The molecule has 1 aromatic carbocycles. The highest BCUT2D eigenvalue weighted by atomic mass is 32.2. The SMILES string of the molecule is CC[C@H](N)c1ccccc1SCCCO. The van der Waals surface area contributed by atoms with Crippen LogP contribution >= 0.6 is 11.8 Å². The van der Waals surface area contributed by atoms with Crippen molar-refractivity contribution in [1.82, 2.24) is 0 Å². The van der Waals surface area contributed by atoms with Gasteiger partial charge in [-0.2, -0.15) is 0 Å². The number of benzene rings is 1. The van der Waals surface area contributed by atoms with E-state index in [1.54, 1.807) is 11.8 Å². The molecule has 0 spiro atoms. The lowest BCUT2D eigenvalue weighted by atomic mass is 10.1. The summed E-state index contributed by atoms with van der Waals surface area (Å²) >= 11 is 1.78. The predicted octanol–water partition coefficient (Wildman–Crippen LogP) is 2.57. The van der Waals surface area contributed by atoms with Crippen molar-refractivity contribution in [2.75, 3.05) is 12.4 Å². The van der Waals surface area contributed by atoms with Gasteiger partial charge in [0.2, 0.25) is 0 Å². The van der Waals surface area contributed by atoms with Gasteiger partial charge in [-0.1, -0.05) is 25.1 Å². The molecule has 0 bridgehead atoms. The monoisotopic (exact) mass is 225 g/mol. The van der Waals surface area contributed by atoms with E-state index in [0.29, 0.717) is 0 Å². The third-order valence-electron chi connectivity index (χ3n) is 2.32. The van der Waals surface area contributed by atoms with E-state index in [4.69, 9.17) is 10.8 Å². The minimum atomic E-state index is 0.128. The van der Waals surface area contributed by atoms with Crippen LogP contribution in [0.5, 0.6) is 0 Å². The van der Waals surface area contributed by atoms with Crippen LogP contribution in [0.4, 0.5) is 0 Å². The molecule has 0 amide bonds. The maximum atomic E-state index is 8.73. The van der Waals surface area contributed by atoms with E-state index < -0.39 is 0 Å². The summed E-state index contributed by atoms with van der Waals surface area (Å²) in [6, 6.07) is 8.39. The molecule has 0 saturated carbocycles. The number of aliphatic hydroxyl groups excluding tert-OH is 1. The molecule has 0 radical (unpaired) electrons. The fraction of sp³-hybridized carbons (Fsp3) is 0.500. The molecule has 84 valence electrons. The van der Waals surface area contributed by atoms with Crippen LogP contribution in [0.15, 0.2) is 29.2 Å². The molecule has 3 N–H and O–H groups in total. The molecule has 0 fully saturated rings.